The van der Waals surface area contributed by atoms with E-state index >= 15 is 0 Å². The van der Waals surface area contributed by atoms with Gasteiger partial charge in [-0.1, -0.05) is 12.1 Å². The van der Waals surface area contributed by atoms with Crippen molar-refractivity contribution in [3.8, 4) is 17.2 Å². The Balaban J connectivity index is 2.30. The molecule has 4 nitrogen and oxygen atoms in total. The lowest BCUT2D eigenvalue weighted by molar-refractivity contribution is 0.1000. The van der Waals surface area contributed by atoms with Crippen molar-refractivity contribution in [2.45, 2.75) is 0 Å². The molecule has 2 aromatic rings. The second-order valence-electron chi connectivity index (χ2n) is 3.58. The molecule has 2 aromatic carbocycles. The van der Waals surface area contributed by atoms with E-state index in [0.717, 1.165) is 6.07 Å². The molecule has 5 heteroatoms. The van der Waals surface area contributed by atoms with Crippen LogP contribution in [0.1, 0.15) is 10.4 Å². The molecule has 0 saturated carbocycles. The molecule has 0 aliphatic heterocycles. The molecule has 3 N–H and O–H groups in total. The second-order valence-corrected chi connectivity index (χ2v) is 3.58. The van der Waals surface area contributed by atoms with Crippen LogP contribution in [-0.2, 0) is 0 Å². The fraction of sp³-hybridized carbons (Fsp3) is 0. The predicted molar refractivity (Wildman–Crippen MR) is 63.1 cm³/mol. The summed E-state index contributed by atoms with van der Waals surface area (Å²) in [5, 5.41) is 9.48. The van der Waals surface area contributed by atoms with Gasteiger partial charge in [-0.2, -0.15) is 0 Å². The highest BCUT2D eigenvalue weighted by Crippen LogP contribution is 2.31. The maximum atomic E-state index is 13.6. The summed E-state index contributed by atoms with van der Waals surface area (Å²) in [6.07, 6.45) is 0. The highest BCUT2D eigenvalue weighted by Gasteiger charge is 2.10. The summed E-state index contributed by atoms with van der Waals surface area (Å²) in [5.74, 6) is -1.52. The Hall–Kier alpha value is -2.56. The van der Waals surface area contributed by atoms with E-state index in [4.69, 9.17) is 10.5 Å². The third-order valence-corrected chi connectivity index (χ3v) is 2.30. The zero-order valence-electron chi connectivity index (χ0n) is 9.26. The van der Waals surface area contributed by atoms with E-state index in [1.165, 1.54) is 24.3 Å². The Morgan fingerprint density at radius 3 is 2.50 bits per heavy atom. The maximum Gasteiger partial charge on any atom is 0.248 e. The van der Waals surface area contributed by atoms with Gasteiger partial charge in [-0.3, -0.25) is 4.79 Å². The Kier molecular flexibility index (Phi) is 3.14. The van der Waals surface area contributed by atoms with Gasteiger partial charge < -0.3 is 15.6 Å². The van der Waals surface area contributed by atoms with Gasteiger partial charge in [0.15, 0.2) is 23.1 Å². The Labute approximate surface area is 102 Å². The molecule has 0 aliphatic carbocycles. The fourth-order valence-corrected chi connectivity index (χ4v) is 1.40. The van der Waals surface area contributed by atoms with Crippen LogP contribution < -0.4 is 10.5 Å². The second kappa shape index (κ2) is 4.75. The fourth-order valence-electron chi connectivity index (χ4n) is 1.40. The van der Waals surface area contributed by atoms with Crippen LogP contribution in [-0.4, -0.2) is 11.0 Å². The van der Waals surface area contributed by atoms with Crippen molar-refractivity contribution < 1.29 is 19.0 Å². The summed E-state index contributed by atoms with van der Waals surface area (Å²) in [4.78, 5) is 10.9. The van der Waals surface area contributed by atoms with Crippen molar-refractivity contribution in [2.24, 2.45) is 5.73 Å². The van der Waals surface area contributed by atoms with Gasteiger partial charge in [0.2, 0.25) is 5.91 Å². The quantitative estimate of drug-likeness (QED) is 0.874. The monoisotopic (exact) mass is 247 g/mol. The Morgan fingerprint density at radius 1 is 1.17 bits per heavy atom. The highest BCUT2D eigenvalue weighted by atomic mass is 19.1. The molecule has 0 unspecified atom stereocenters. The number of carbonyl (C=O) groups excluding carboxylic acids is 1. The topological polar surface area (TPSA) is 72.6 Å². The van der Waals surface area contributed by atoms with Crippen molar-refractivity contribution >= 4 is 5.91 Å². The molecule has 0 aliphatic rings. The number of aromatic hydroxyl groups is 1. The van der Waals surface area contributed by atoms with E-state index in [0.29, 0.717) is 0 Å². The summed E-state index contributed by atoms with van der Waals surface area (Å²) in [6.45, 7) is 0. The molecule has 18 heavy (non-hydrogen) atoms. The summed E-state index contributed by atoms with van der Waals surface area (Å²) < 4.78 is 18.8. The summed E-state index contributed by atoms with van der Waals surface area (Å²) in [6, 6.07) is 9.79. The molecule has 0 aromatic heterocycles. The van der Waals surface area contributed by atoms with Gasteiger partial charge in [-0.25, -0.2) is 4.39 Å². The van der Waals surface area contributed by atoms with Crippen LogP contribution in [0, 0.1) is 5.82 Å². The molecule has 0 radical (unpaired) electrons. The molecule has 1 amide bonds. The number of halogens is 1. The van der Waals surface area contributed by atoms with Gasteiger partial charge in [0.05, 0.1) is 0 Å². The number of nitrogens with two attached hydrogens (primary N) is 1. The van der Waals surface area contributed by atoms with E-state index in [-0.39, 0.29) is 22.8 Å². The van der Waals surface area contributed by atoms with Crippen LogP contribution in [0.2, 0.25) is 0 Å². The van der Waals surface area contributed by atoms with Crippen LogP contribution in [0.5, 0.6) is 17.2 Å². The zero-order valence-corrected chi connectivity index (χ0v) is 9.26. The number of primary amides is 1. The van der Waals surface area contributed by atoms with Crippen molar-refractivity contribution in [2.75, 3.05) is 0 Å². The minimum Gasteiger partial charge on any atom is -0.504 e. The maximum absolute atomic E-state index is 13.6. The lowest BCUT2D eigenvalue weighted by Gasteiger charge is -2.08. The van der Waals surface area contributed by atoms with E-state index in [2.05, 4.69) is 0 Å². The van der Waals surface area contributed by atoms with Gasteiger partial charge in [0, 0.05) is 5.56 Å². The number of phenolic OH excluding ortho intramolecular Hbond substituents is 1. The van der Waals surface area contributed by atoms with Gasteiger partial charge in [0.1, 0.15) is 0 Å². The molecule has 92 valence electrons. The molecule has 0 spiro atoms. The van der Waals surface area contributed by atoms with E-state index in [9.17, 15) is 14.3 Å². The van der Waals surface area contributed by atoms with Crippen LogP contribution in [0.15, 0.2) is 42.5 Å². The first-order valence-corrected chi connectivity index (χ1v) is 5.13. The van der Waals surface area contributed by atoms with E-state index < -0.39 is 11.7 Å². The molecule has 2 rings (SSSR count). The number of ether oxygens (including phenoxy) is 1. The predicted octanol–water partition coefficient (Wildman–Crippen LogP) is 2.42. The number of para-hydroxylation sites is 2. The number of rotatable bonds is 3. The lowest BCUT2D eigenvalue weighted by Crippen LogP contribution is -2.11. The first-order valence-electron chi connectivity index (χ1n) is 5.13. The van der Waals surface area contributed by atoms with Gasteiger partial charge in [0.25, 0.3) is 0 Å². The third kappa shape index (κ3) is 2.40. The molecular formula is C13H10FNO3. The van der Waals surface area contributed by atoms with Crippen molar-refractivity contribution in [3.05, 3.63) is 53.8 Å². The van der Waals surface area contributed by atoms with E-state index in [1.807, 2.05) is 0 Å². The van der Waals surface area contributed by atoms with Crippen molar-refractivity contribution in [3.63, 3.8) is 0 Å². The standard InChI is InChI=1S/C13H10FNO3/c14-9-7-8(13(15)17)5-6-11(9)18-12-4-2-1-3-10(12)16/h1-7,16H,(H2,15,17). The number of hydrogen-bond acceptors (Lipinski definition) is 3. The molecular weight excluding hydrogens is 237 g/mol. The van der Waals surface area contributed by atoms with Crippen molar-refractivity contribution in [1.29, 1.82) is 0 Å². The minimum atomic E-state index is -0.727. The average molecular weight is 247 g/mol. The first-order chi connectivity index (χ1) is 8.58. The zero-order chi connectivity index (χ0) is 13.1. The Bertz CT molecular complexity index is 599. The number of hydrogen-bond donors (Lipinski definition) is 2. The van der Waals surface area contributed by atoms with Gasteiger partial charge in [-0.15, -0.1) is 0 Å². The smallest absolute Gasteiger partial charge is 0.248 e. The number of benzene rings is 2. The molecule has 0 bridgehead atoms. The molecule has 0 saturated heterocycles. The Morgan fingerprint density at radius 2 is 1.89 bits per heavy atom. The van der Waals surface area contributed by atoms with E-state index in [1.54, 1.807) is 12.1 Å². The number of carbonyl (C=O) groups is 1. The largest absolute Gasteiger partial charge is 0.504 e. The van der Waals surface area contributed by atoms with Crippen LogP contribution >= 0.6 is 0 Å². The summed E-state index contributed by atoms with van der Waals surface area (Å²) in [7, 11) is 0. The number of phenols is 1. The third-order valence-electron chi connectivity index (χ3n) is 2.30. The summed E-state index contributed by atoms with van der Waals surface area (Å²) in [5.41, 5.74) is 5.08. The van der Waals surface area contributed by atoms with Crippen LogP contribution in [0.25, 0.3) is 0 Å². The lowest BCUT2D eigenvalue weighted by atomic mass is 10.2. The first kappa shape index (κ1) is 11.9. The van der Waals surface area contributed by atoms with Crippen LogP contribution in [0.3, 0.4) is 0 Å². The van der Waals surface area contributed by atoms with Gasteiger partial charge in [-0.05, 0) is 30.3 Å². The van der Waals surface area contributed by atoms with Crippen molar-refractivity contribution in [1.82, 2.24) is 0 Å². The molecule has 0 atom stereocenters. The number of amides is 1. The SMILES string of the molecule is NC(=O)c1ccc(Oc2ccccc2O)c(F)c1. The highest BCUT2D eigenvalue weighted by molar-refractivity contribution is 5.92. The normalized spacial score (nSPS) is 10.1. The minimum absolute atomic E-state index is 0.0529. The molecule has 0 fully saturated rings. The molecule has 0 heterocycles. The van der Waals surface area contributed by atoms with Crippen LogP contribution in [0.4, 0.5) is 4.39 Å². The van der Waals surface area contributed by atoms with Gasteiger partial charge >= 0.3 is 0 Å². The summed E-state index contributed by atoms with van der Waals surface area (Å²) >= 11 is 0. The average Bonchev–Trinajstić information content (AvgIpc) is 2.34.